The van der Waals surface area contributed by atoms with Gasteiger partial charge in [0.25, 0.3) is 5.91 Å². The Labute approximate surface area is 121 Å². The van der Waals surface area contributed by atoms with Crippen LogP contribution in [0.2, 0.25) is 0 Å². The fraction of sp³-hybridized carbons (Fsp3) is 0.500. The van der Waals surface area contributed by atoms with Gasteiger partial charge in [-0.25, -0.2) is 10.8 Å². The zero-order valence-electron chi connectivity index (χ0n) is 10.8. The van der Waals surface area contributed by atoms with E-state index in [9.17, 15) is 4.79 Å². The van der Waals surface area contributed by atoms with Crippen LogP contribution in [0.3, 0.4) is 0 Å². The van der Waals surface area contributed by atoms with Gasteiger partial charge in [-0.1, -0.05) is 0 Å². The Hall–Kier alpha value is -0.920. The number of nitrogens with zero attached hydrogens (tertiary/aromatic N) is 1. The number of nitrogens with one attached hydrogen (secondary N) is 2. The van der Waals surface area contributed by atoms with E-state index in [1.807, 2.05) is 30.4 Å². The predicted octanol–water partition coefficient (Wildman–Crippen LogP) is 1.25. The SMILES string of the molecule is Cc1cc(C(=O)NCC2CSCCS2)cc(NN)n1. The number of carbonyl (C=O) groups is 1. The first kappa shape index (κ1) is 14.5. The zero-order valence-corrected chi connectivity index (χ0v) is 12.4. The molecule has 0 bridgehead atoms. The maximum absolute atomic E-state index is 12.1. The van der Waals surface area contributed by atoms with Crippen LogP contribution in [0.4, 0.5) is 5.82 Å². The Morgan fingerprint density at radius 3 is 3.05 bits per heavy atom. The smallest absolute Gasteiger partial charge is 0.251 e. The van der Waals surface area contributed by atoms with Crippen molar-refractivity contribution in [2.45, 2.75) is 12.2 Å². The number of amides is 1. The first-order chi connectivity index (χ1) is 9.19. The molecule has 2 rings (SSSR count). The standard InChI is InChI=1S/C12H18N4OS2/c1-8-4-9(5-11(15-8)16-13)12(17)14-6-10-7-18-2-3-19-10/h4-5,10H,2-3,6-7,13H2,1H3,(H,14,17)(H,15,16). The third-order valence-electron chi connectivity index (χ3n) is 2.74. The van der Waals surface area contributed by atoms with Gasteiger partial charge in [-0.05, 0) is 19.1 Å². The highest BCUT2D eigenvalue weighted by Crippen LogP contribution is 2.23. The average molecular weight is 298 g/mol. The monoisotopic (exact) mass is 298 g/mol. The zero-order chi connectivity index (χ0) is 13.7. The van der Waals surface area contributed by atoms with Crippen molar-refractivity contribution < 1.29 is 4.79 Å². The van der Waals surface area contributed by atoms with Gasteiger partial charge in [-0.3, -0.25) is 4.79 Å². The number of aromatic nitrogens is 1. The lowest BCUT2D eigenvalue weighted by atomic mass is 10.2. The van der Waals surface area contributed by atoms with Crippen LogP contribution in [0, 0.1) is 6.92 Å². The summed E-state index contributed by atoms with van der Waals surface area (Å²) in [5.74, 6) is 9.25. The van der Waals surface area contributed by atoms with Gasteiger partial charge in [0.15, 0.2) is 0 Å². The second-order valence-corrected chi connectivity index (χ2v) is 6.86. The summed E-state index contributed by atoms with van der Waals surface area (Å²) in [7, 11) is 0. The lowest BCUT2D eigenvalue weighted by Gasteiger charge is -2.21. The van der Waals surface area contributed by atoms with E-state index in [2.05, 4.69) is 15.7 Å². The van der Waals surface area contributed by atoms with Crippen molar-refractivity contribution in [1.29, 1.82) is 0 Å². The third-order valence-corrected chi connectivity index (χ3v) is 5.58. The van der Waals surface area contributed by atoms with Crippen molar-refractivity contribution in [1.82, 2.24) is 10.3 Å². The van der Waals surface area contributed by atoms with Gasteiger partial charge in [-0.2, -0.15) is 23.5 Å². The number of pyridine rings is 1. The summed E-state index contributed by atoms with van der Waals surface area (Å²) < 4.78 is 0. The van der Waals surface area contributed by atoms with Gasteiger partial charge >= 0.3 is 0 Å². The number of hydrogen-bond acceptors (Lipinski definition) is 6. The van der Waals surface area contributed by atoms with Crippen molar-refractivity contribution in [3.05, 3.63) is 23.4 Å². The molecule has 0 aromatic carbocycles. The van der Waals surface area contributed by atoms with E-state index >= 15 is 0 Å². The molecule has 0 aliphatic carbocycles. The van der Waals surface area contributed by atoms with Crippen molar-refractivity contribution in [2.75, 3.05) is 29.2 Å². The quantitative estimate of drug-likeness (QED) is 0.573. The van der Waals surface area contributed by atoms with Crippen LogP contribution in [0.1, 0.15) is 16.1 Å². The molecule has 1 amide bonds. The van der Waals surface area contributed by atoms with Crippen LogP contribution in [-0.2, 0) is 0 Å². The van der Waals surface area contributed by atoms with Crippen LogP contribution < -0.4 is 16.6 Å². The molecule has 0 radical (unpaired) electrons. The summed E-state index contributed by atoms with van der Waals surface area (Å²) in [6.07, 6.45) is 0. The molecule has 1 fully saturated rings. The third kappa shape index (κ3) is 4.29. The fourth-order valence-electron chi connectivity index (χ4n) is 1.84. The van der Waals surface area contributed by atoms with Crippen LogP contribution >= 0.6 is 23.5 Å². The van der Waals surface area contributed by atoms with Crippen molar-refractivity contribution >= 4 is 35.2 Å². The van der Waals surface area contributed by atoms with Crippen molar-refractivity contribution in [3.63, 3.8) is 0 Å². The second kappa shape index (κ2) is 7.02. The highest BCUT2D eigenvalue weighted by Gasteiger charge is 2.16. The van der Waals surface area contributed by atoms with E-state index in [4.69, 9.17) is 5.84 Å². The number of anilines is 1. The van der Waals surface area contributed by atoms with Gasteiger partial charge in [-0.15, -0.1) is 0 Å². The molecule has 4 N–H and O–H groups in total. The Morgan fingerprint density at radius 1 is 1.53 bits per heavy atom. The molecule has 1 aromatic heterocycles. The largest absolute Gasteiger partial charge is 0.351 e. The molecular weight excluding hydrogens is 280 g/mol. The molecule has 5 nitrogen and oxygen atoms in total. The maximum atomic E-state index is 12.1. The van der Waals surface area contributed by atoms with E-state index in [0.29, 0.717) is 23.2 Å². The Kier molecular flexibility index (Phi) is 5.35. The van der Waals surface area contributed by atoms with E-state index in [1.54, 1.807) is 12.1 Å². The normalized spacial score (nSPS) is 18.9. The number of rotatable bonds is 4. The first-order valence-electron chi connectivity index (χ1n) is 6.12. The summed E-state index contributed by atoms with van der Waals surface area (Å²) in [5, 5.41) is 3.49. The minimum Gasteiger partial charge on any atom is -0.351 e. The van der Waals surface area contributed by atoms with Gasteiger partial charge < -0.3 is 10.7 Å². The summed E-state index contributed by atoms with van der Waals surface area (Å²) in [6.45, 7) is 2.55. The number of aryl methyl sites for hydroxylation is 1. The van der Waals surface area contributed by atoms with Gasteiger partial charge in [0, 0.05) is 40.3 Å². The minimum atomic E-state index is -0.0711. The van der Waals surface area contributed by atoms with Crippen LogP contribution in [0.5, 0.6) is 0 Å². The van der Waals surface area contributed by atoms with Gasteiger partial charge in [0.1, 0.15) is 5.82 Å². The van der Waals surface area contributed by atoms with E-state index in [0.717, 1.165) is 11.4 Å². The Morgan fingerprint density at radius 2 is 2.37 bits per heavy atom. The summed E-state index contributed by atoms with van der Waals surface area (Å²) in [6, 6.07) is 3.42. The second-order valence-electron chi connectivity index (χ2n) is 4.30. The molecule has 1 aromatic rings. The average Bonchev–Trinajstić information content (AvgIpc) is 2.45. The molecule has 1 saturated heterocycles. The van der Waals surface area contributed by atoms with Crippen LogP contribution in [0.25, 0.3) is 0 Å². The van der Waals surface area contributed by atoms with Crippen molar-refractivity contribution in [3.8, 4) is 0 Å². The fourth-order valence-corrected chi connectivity index (χ4v) is 4.45. The lowest BCUT2D eigenvalue weighted by molar-refractivity contribution is 0.0954. The predicted molar refractivity (Wildman–Crippen MR) is 82.7 cm³/mol. The van der Waals surface area contributed by atoms with Gasteiger partial charge in [0.05, 0.1) is 0 Å². The molecule has 0 spiro atoms. The van der Waals surface area contributed by atoms with Crippen molar-refractivity contribution in [2.24, 2.45) is 5.84 Å². The number of nitrogen functional groups attached to an aromatic ring is 1. The minimum absolute atomic E-state index is 0.0711. The molecular formula is C12H18N4OS2. The lowest BCUT2D eigenvalue weighted by Crippen LogP contribution is -2.33. The highest BCUT2D eigenvalue weighted by molar-refractivity contribution is 8.06. The number of carbonyl (C=O) groups excluding carboxylic acids is 1. The first-order valence-corrected chi connectivity index (χ1v) is 8.32. The number of hydrazine groups is 1. The topological polar surface area (TPSA) is 80.0 Å². The molecule has 1 unspecified atom stereocenters. The van der Waals surface area contributed by atoms with E-state index in [-0.39, 0.29) is 5.91 Å². The highest BCUT2D eigenvalue weighted by atomic mass is 32.2. The summed E-state index contributed by atoms with van der Waals surface area (Å²) >= 11 is 3.88. The van der Waals surface area contributed by atoms with Crippen LogP contribution in [0.15, 0.2) is 12.1 Å². The van der Waals surface area contributed by atoms with E-state index in [1.165, 1.54) is 11.5 Å². The number of nitrogens with two attached hydrogens (primary N) is 1. The molecule has 1 atom stereocenters. The maximum Gasteiger partial charge on any atom is 0.251 e. The molecule has 0 saturated carbocycles. The Balaban J connectivity index is 1.93. The van der Waals surface area contributed by atoms with Crippen LogP contribution in [-0.4, -0.2) is 39.9 Å². The number of thioether (sulfide) groups is 2. The summed E-state index contributed by atoms with van der Waals surface area (Å²) in [4.78, 5) is 16.2. The van der Waals surface area contributed by atoms with E-state index < -0.39 is 0 Å². The molecule has 104 valence electrons. The van der Waals surface area contributed by atoms with Gasteiger partial charge in [0.2, 0.25) is 0 Å². The number of hydrogen-bond donors (Lipinski definition) is 3. The molecule has 1 aliphatic rings. The molecule has 19 heavy (non-hydrogen) atoms. The molecule has 7 heteroatoms. The summed E-state index contributed by atoms with van der Waals surface area (Å²) in [5.41, 5.74) is 3.83. The Bertz CT molecular complexity index is 449. The molecule has 2 heterocycles. The molecule has 1 aliphatic heterocycles.